The summed E-state index contributed by atoms with van der Waals surface area (Å²) in [5.74, 6) is 1.34. The van der Waals surface area contributed by atoms with E-state index in [2.05, 4.69) is 11.9 Å². The second-order valence-electron chi connectivity index (χ2n) is 7.47. The van der Waals surface area contributed by atoms with Crippen molar-refractivity contribution in [1.82, 2.24) is 9.88 Å². The molecule has 1 atom stereocenters. The highest BCUT2D eigenvalue weighted by Gasteiger charge is 2.34. The lowest BCUT2D eigenvalue weighted by Gasteiger charge is -2.37. The number of aromatic nitrogens is 1. The van der Waals surface area contributed by atoms with Crippen molar-refractivity contribution in [3.05, 3.63) is 52.2 Å². The Hall–Kier alpha value is -2.60. The van der Waals surface area contributed by atoms with E-state index in [4.69, 9.17) is 14.2 Å². The molecule has 1 fully saturated rings. The number of hydrogen-bond acceptors (Lipinski definition) is 5. The van der Waals surface area contributed by atoms with Crippen LogP contribution in [-0.2, 0) is 11.2 Å². The second kappa shape index (κ2) is 7.80. The van der Waals surface area contributed by atoms with Crippen LogP contribution in [-0.4, -0.2) is 48.9 Å². The first-order valence-corrected chi connectivity index (χ1v) is 9.72. The maximum absolute atomic E-state index is 13.2. The van der Waals surface area contributed by atoms with E-state index in [1.807, 2.05) is 36.2 Å². The number of benzene rings is 1. The molecule has 2 aliphatic heterocycles. The molecule has 4 rings (SSSR count). The van der Waals surface area contributed by atoms with E-state index in [-0.39, 0.29) is 11.9 Å². The van der Waals surface area contributed by atoms with Gasteiger partial charge in [0.05, 0.1) is 25.3 Å². The van der Waals surface area contributed by atoms with Crippen molar-refractivity contribution in [2.45, 2.75) is 39.2 Å². The van der Waals surface area contributed by atoms with Crippen LogP contribution in [0.5, 0.6) is 11.6 Å². The van der Waals surface area contributed by atoms with Crippen LogP contribution in [0.4, 0.5) is 0 Å². The third-order valence-corrected chi connectivity index (χ3v) is 5.77. The van der Waals surface area contributed by atoms with Crippen LogP contribution in [0.2, 0.25) is 0 Å². The molecule has 2 aliphatic rings. The molecule has 28 heavy (non-hydrogen) atoms. The van der Waals surface area contributed by atoms with Crippen LogP contribution in [0.3, 0.4) is 0 Å². The Bertz CT molecular complexity index is 873. The first kappa shape index (κ1) is 18.7. The molecule has 1 saturated heterocycles. The fourth-order valence-corrected chi connectivity index (χ4v) is 3.93. The maximum atomic E-state index is 13.2. The van der Waals surface area contributed by atoms with Crippen molar-refractivity contribution < 1.29 is 19.0 Å². The van der Waals surface area contributed by atoms with Crippen molar-refractivity contribution in [3.63, 3.8) is 0 Å². The van der Waals surface area contributed by atoms with Crippen LogP contribution >= 0.6 is 0 Å². The number of rotatable bonds is 4. The molecule has 2 aromatic rings. The third kappa shape index (κ3) is 3.44. The maximum Gasteiger partial charge on any atom is 0.260 e. The van der Waals surface area contributed by atoms with Gasteiger partial charge in [0.15, 0.2) is 6.73 Å². The van der Waals surface area contributed by atoms with E-state index < -0.39 is 0 Å². The molecule has 148 valence electrons. The molecular weight excluding hydrogens is 356 g/mol. The molecule has 6 nitrogen and oxygen atoms in total. The molecule has 0 aliphatic carbocycles. The molecule has 0 unspecified atom stereocenters. The average Bonchev–Trinajstić information content (AvgIpc) is 2.73. The van der Waals surface area contributed by atoms with Gasteiger partial charge in [0, 0.05) is 18.9 Å². The highest BCUT2D eigenvalue weighted by Crippen LogP contribution is 2.35. The van der Waals surface area contributed by atoms with Gasteiger partial charge < -0.3 is 14.2 Å². The number of hydrogen-bond donors (Lipinski definition) is 0. The highest BCUT2D eigenvalue weighted by atomic mass is 16.5. The Morgan fingerprint density at radius 3 is 2.82 bits per heavy atom. The topological polar surface area (TPSA) is 60.9 Å². The first-order chi connectivity index (χ1) is 13.6. The molecule has 0 spiro atoms. The van der Waals surface area contributed by atoms with Gasteiger partial charge in [0.25, 0.3) is 5.91 Å². The van der Waals surface area contributed by atoms with Gasteiger partial charge >= 0.3 is 0 Å². The Morgan fingerprint density at radius 2 is 2.14 bits per heavy atom. The number of nitrogens with zero attached hydrogens (tertiary/aromatic N) is 2. The fraction of sp³-hybridized carbons (Fsp3) is 0.455. The average molecular weight is 382 g/mol. The summed E-state index contributed by atoms with van der Waals surface area (Å²) in [5, 5.41) is 0. The van der Waals surface area contributed by atoms with E-state index in [0.29, 0.717) is 37.0 Å². The predicted octanol–water partition coefficient (Wildman–Crippen LogP) is 3.27. The van der Waals surface area contributed by atoms with Crippen LogP contribution < -0.4 is 9.47 Å². The number of methoxy groups -OCH3 is 1. The smallest absolute Gasteiger partial charge is 0.260 e. The number of ether oxygens (including phenoxy) is 3. The summed E-state index contributed by atoms with van der Waals surface area (Å²) in [4.78, 5) is 19.3. The van der Waals surface area contributed by atoms with Gasteiger partial charge in [0.2, 0.25) is 5.88 Å². The Balaban J connectivity index is 1.64. The Kier molecular flexibility index (Phi) is 5.22. The fourth-order valence-electron chi connectivity index (χ4n) is 3.93. The summed E-state index contributed by atoms with van der Waals surface area (Å²) < 4.78 is 16.7. The lowest BCUT2D eigenvalue weighted by atomic mass is 9.92. The minimum absolute atomic E-state index is 0.0361. The van der Waals surface area contributed by atoms with Gasteiger partial charge in [0.1, 0.15) is 5.75 Å². The zero-order valence-corrected chi connectivity index (χ0v) is 16.7. The number of pyridine rings is 1. The van der Waals surface area contributed by atoms with Crippen molar-refractivity contribution in [3.8, 4) is 11.6 Å². The van der Waals surface area contributed by atoms with Gasteiger partial charge in [-0.3, -0.25) is 9.69 Å². The van der Waals surface area contributed by atoms with Crippen molar-refractivity contribution in [1.29, 1.82) is 0 Å². The van der Waals surface area contributed by atoms with E-state index in [9.17, 15) is 4.79 Å². The molecule has 1 aromatic heterocycles. The van der Waals surface area contributed by atoms with Crippen molar-refractivity contribution in [2.24, 2.45) is 0 Å². The molecule has 1 amide bonds. The normalized spacial score (nSPS) is 19.2. The van der Waals surface area contributed by atoms with Gasteiger partial charge in [-0.25, -0.2) is 4.98 Å². The Morgan fingerprint density at radius 1 is 1.29 bits per heavy atom. The van der Waals surface area contributed by atoms with Gasteiger partial charge in [-0.05, 0) is 61.4 Å². The van der Waals surface area contributed by atoms with Crippen molar-refractivity contribution in [2.75, 3.05) is 27.1 Å². The quantitative estimate of drug-likeness (QED) is 0.812. The van der Waals surface area contributed by atoms with E-state index >= 15 is 0 Å². The highest BCUT2D eigenvalue weighted by molar-refractivity contribution is 5.99. The molecule has 3 heterocycles. The van der Waals surface area contributed by atoms with Gasteiger partial charge in [-0.1, -0.05) is 6.07 Å². The first-order valence-electron chi connectivity index (χ1n) is 9.72. The second-order valence-corrected chi connectivity index (χ2v) is 7.47. The zero-order valence-electron chi connectivity index (χ0n) is 16.7. The number of carbonyl (C=O) groups is 1. The minimum atomic E-state index is 0.0361. The monoisotopic (exact) mass is 382 g/mol. The SMILES string of the molecule is COc1ccc(Cc2cc3c(c(C)c2C)OCN([C@@H]2CCCOC2)C3=O)cn1. The lowest BCUT2D eigenvalue weighted by molar-refractivity contribution is -0.0101. The summed E-state index contributed by atoms with van der Waals surface area (Å²) in [6, 6.07) is 5.93. The number of amides is 1. The van der Waals surface area contributed by atoms with Crippen LogP contribution in [0.1, 0.15) is 45.5 Å². The largest absolute Gasteiger partial charge is 0.481 e. The lowest BCUT2D eigenvalue weighted by Crippen LogP contribution is -2.49. The van der Waals surface area contributed by atoms with E-state index in [1.165, 1.54) is 0 Å². The molecular formula is C22H26N2O4. The van der Waals surface area contributed by atoms with Gasteiger partial charge in [-0.2, -0.15) is 0 Å². The molecule has 1 aromatic carbocycles. The zero-order chi connectivity index (χ0) is 19.7. The summed E-state index contributed by atoms with van der Waals surface area (Å²) in [7, 11) is 1.60. The molecule has 0 saturated carbocycles. The summed E-state index contributed by atoms with van der Waals surface area (Å²) in [6.07, 6.45) is 4.46. The molecule has 0 bridgehead atoms. The Labute approximate surface area is 165 Å². The summed E-state index contributed by atoms with van der Waals surface area (Å²) in [5.41, 5.74) is 5.02. The van der Waals surface area contributed by atoms with Crippen LogP contribution in [0.15, 0.2) is 24.4 Å². The van der Waals surface area contributed by atoms with E-state index in [0.717, 1.165) is 41.7 Å². The van der Waals surface area contributed by atoms with Crippen LogP contribution in [0, 0.1) is 13.8 Å². The summed E-state index contributed by atoms with van der Waals surface area (Å²) >= 11 is 0. The van der Waals surface area contributed by atoms with Crippen molar-refractivity contribution >= 4 is 5.91 Å². The van der Waals surface area contributed by atoms with E-state index in [1.54, 1.807) is 7.11 Å². The number of fused-ring (bicyclic) bond motifs is 1. The van der Waals surface area contributed by atoms with Crippen LogP contribution in [0.25, 0.3) is 0 Å². The molecule has 0 N–H and O–H groups in total. The standard InChI is InChI=1S/C22H26N2O4/c1-14-15(2)21-19(10-17(14)9-16-6-7-20(26-3)23-11-16)22(25)24(13-28-21)18-5-4-8-27-12-18/h6-7,10-11,18H,4-5,8-9,12-13H2,1-3H3/t18-/m1/s1. The molecule has 0 radical (unpaired) electrons. The minimum Gasteiger partial charge on any atom is -0.481 e. The number of carbonyl (C=O) groups excluding carboxylic acids is 1. The molecule has 6 heteroatoms. The predicted molar refractivity (Wildman–Crippen MR) is 105 cm³/mol. The van der Waals surface area contributed by atoms with Gasteiger partial charge in [-0.15, -0.1) is 0 Å². The third-order valence-electron chi connectivity index (χ3n) is 5.77. The summed E-state index contributed by atoms with van der Waals surface area (Å²) in [6.45, 7) is 5.75.